The number of rotatable bonds is 3. The van der Waals surface area contributed by atoms with Gasteiger partial charge in [-0.3, -0.25) is 0 Å². The predicted molar refractivity (Wildman–Crippen MR) is 60.3 cm³/mol. The van der Waals surface area contributed by atoms with Crippen molar-refractivity contribution in [2.24, 2.45) is 0 Å². The maximum atomic E-state index is 12.0. The van der Waals surface area contributed by atoms with Crippen LogP contribution in [0.4, 0.5) is 0 Å². The first kappa shape index (κ1) is 10.6. The van der Waals surface area contributed by atoms with Crippen molar-refractivity contribution in [2.75, 3.05) is 13.1 Å². The molecular formula is C11H15NO2S. The zero-order chi connectivity index (χ0) is 10.7. The van der Waals surface area contributed by atoms with Gasteiger partial charge < -0.3 is 5.32 Å². The Morgan fingerprint density at radius 2 is 2.00 bits per heavy atom. The monoisotopic (exact) mass is 225 g/mol. The Morgan fingerprint density at radius 3 is 2.60 bits per heavy atom. The lowest BCUT2D eigenvalue weighted by molar-refractivity contribution is 0.582. The number of benzene rings is 1. The molecule has 1 fully saturated rings. The maximum absolute atomic E-state index is 12.0. The third-order valence-electron chi connectivity index (χ3n) is 2.73. The molecule has 1 aromatic carbocycles. The van der Waals surface area contributed by atoms with E-state index >= 15 is 0 Å². The Morgan fingerprint density at radius 1 is 1.27 bits per heavy atom. The highest BCUT2D eigenvalue weighted by Crippen LogP contribution is 2.15. The smallest absolute Gasteiger partial charge is 0.158 e. The van der Waals surface area contributed by atoms with Crippen LogP contribution < -0.4 is 5.32 Å². The Kier molecular flexibility index (Phi) is 3.07. The molecule has 1 aliphatic rings. The van der Waals surface area contributed by atoms with Gasteiger partial charge in [-0.25, -0.2) is 8.42 Å². The highest BCUT2D eigenvalue weighted by molar-refractivity contribution is 7.91. The van der Waals surface area contributed by atoms with Crippen LogP contribution in [-0.2, 0) is 15.6 Å². The molecule has 0 amide bonds. The normalized spacial score (nSPS) is 21.7. The number of sulfone groups is 1. The van der Waals surface area contributed by atoms with Crippen molar-refractivity contribution in [1.29, 1.82) is 0 Å². The van der Waals surface area contributed by atoms with Gasteiger partial charge in [-0.05, 0) is 18.5 Å². The van der Waals surface area contributed by atoms with E-state index in [1.807, 2.05) is 30.3 Å². The Hall–Kier alpha value is -0.870. The van der Waals surface area contributed by atoms with Crippen LogP contribution in [0.1, 0.15) is 12.0 Å². The van der Waals surface area contributed by atoms with Gasteiger partial charge >= 0.3 is 0 Å². The standard InChI is InChI=1S/C11H15NO2S/c13-15(14,11-6-7-12-8-11)9-10-4-2-1-3-5-10/h1-5,11-12H,6-9H2. The minimum Gasteiger partial charge on any atom is -0.315 e. The summed E-state index contributed by atoms with van der Waals surface area (Å²) in [6, 6.07) is 9.36. The molecule has 1 saturated heterocycles. The summed E-state index contributed by atoms with van der Waals surface area (Å²) in [5.74, 6) is 0.167. The molecule has 0 aromatic heterocycles. The SMILES string of the molecule is O=S(=O)(Cc1ccccc1)C1CCNC1. The van der Waals surface area contributed by atoms with Crippen molar-refractivity contribution in [3.05, 3.63) is 35.9 Å². The van der Waals surface area contributed by atoms with Gasteiger partial charge in [-0.2, -0.15) is 0 Å². The minimum atomic E-state index is -2.98. The lowest BCUT2D eigenvalue weighted by Crippen LogP contribution is -2.25. The van der Waals surface area contributed by atoms with Crippen LogP contribution in [0.2, 0.25) is 0 Å². The third kappa shape index (κ3) is 2.58. The molecule has 0 aliphatic carbocycles. The van der Waals surface area contributed by atoms with Crippen LogP contribution in [0.15, 0.2) is 30.3 Å². The number of hydrogen-bond donors (Lipinski definition) is 1. The molecule has 3 nitrogen and oxygen atoms in total. The van der Waals surface area contributed by atoms with Crippen molar-refractivity contribution >= 4 is 9.84 Å². The molecule has 82 valence electrons. The molecule has 0 bridgehead atoms. The lowest BCUT2D eigenvalue weighted by Gasteiger charge is -2.10. The van der Waals surface area contributed by atoms with E-state index in [0.29, 0.717) is 6.54 Å². The second-order valence-electron chi connectivity index (χ2n) is 3.91. The fourth-order valence-corrected chi connectivity index (χ4v) is 3.60. The topological polar surface area (TPSA) is 46.2 Å². The van der Waals surface area contributed by atoms with E-state index in [9.17, 15) is 8.42 Å². The van der Waals surface area contributed by atoms with Crippen molar-refractivity contribution in [1.82, 2.24) is 5.32 Å². The van der Waals surface area contributed by atoms with Gasteiger partial charge in [0, 0.05) is 6.54 Å². The Balaban J connectivity index is 2.11. The van der Waals surface area contributed by atoms with Crippen LogP contribution in [0.3, 0.4) is 0 Å². The minimum absolute atomic E-state index is 0.167. The predicted octanol–water partition coefficient (Wildman–Crippen LogP) is 0.963. The molecule has 1 aliphatic heterocycles. The van der Waals surface area contributed by atoms with Crippen molar-refractivity contribution in [3.63, 3.8) is 0 Å². The summed E-state index contributed by atoms with van der Waals surface area (Å²) in [4.78, 5) is 0. The van der Waals surface area contributed by atoms with Crippen LogP contribution in [0.25, 0.3) is 0 Å². The zero-order valence-corrected chi connectivity index (χ0v) is 9.33. The van der Waals surface area contributed by atoms with E-state index in [1.54, 1.807) is 0 Å². The van der Waals surface area contributed by atoms with Gasteiger partial charge in [0.15, 0.2) is 9.84 Å². The number of nitrogens with one attached hydrogen (secondary N) is 1. The lowest BCUT2D eigenvalue weighted by atomic mass is 10.2. The summed E-state index contributed by atoms with van der Waals surface area (Å²) in [6.45, 7) is 1.42. The summed E-state index contributed by atoms with van der Waals surface area (Å²) in [5.41, 5.74) is 0.879. The largest absolute Gasteiger partial charge is 0.315 e. The van der Waals surface area contributed by atoms with Crippen molar-refractivity contribution in [3.8, 4) is 0 Å². The molecule has 15 heavy (non-hydrogen) atoms. The van der Waals surface area contributed by atoms with Gasteiger partial charge in [-0.15, -0.1) is 0 Å². The van der Waals surface area contributed by atoms with E-state index in [0.717, 1.165) is 18.5 Å². The van der Waals surface area contributed by atoms with E-state index < -0.39 is 9.84 Å². The maximum Gasteiger partial charge on any atom is 0.158 e. The van der Waals surface area contributed by atoms with Gasteiger partial charge in [0.2, 0.25) is 0 Å². The molecule has 2 rings (SSSR count). The molecule has 0 spiro atoms. The summed E-state index contributed by atoms with van der Waals surface area (Å²) in [5, 5.41) is 2.89. The summed E-state index contributed by atoms with van der Waals surface area (Å²) in [7, 11) is -2.98. The molecule has 4 heteroatoms. The van der Waals surface area contributed by atoms with E-state index in [-0.39, 0.29) is 11.0 Å². The highest BCUT2D eigenvalue weighted by atomic mass is 32.2. The van der Waals surface area contributed by atoms with E-state index in [4.69, 9.17) is 0 Å². The molecule has 1 aromatic rings. The summed E-state index contributed by atoms with van der Waals surface area (Å²) in [6.07, 6.45) is 0.745. The second kappa shape index (κ2) is 4.33. The third-order valence-corrected chi connectivity index (χ3v) is 4.89. The van der Waals surface area contributed by atoms with Crippen molar-refractivity contribution < 1.29 is 8.42 Å². The van der Waals surface area contributed by atoms with Crippen LogP contribution in [0.5, 0.6) is 0 Å². The average molecular weight is 225 g/mol. The van der Waals surface area contributed by atoms with Gasteiger partial charge in [-0.1, -0.05) is 30.3 Å². The first-order chi connectivity index (χ1) is 7.18. The van der Waals surface area contributed by atoms with Gasteiger partial charge in [0.1, 0.15) is 0 Å². The fraction of sp³-hybridized carbons (Fsp3) is 0.455. The molecule has 1 heterocycles. The quantitative estimate of drug-likeness (QED) is 0.833. The van der Waals surface area contributed by atoms with E-state index in [1.165, 1.54) is 0 Å². The summed E-state index contributed by atoms with van der Waals surface area (Å²) >= 11 is 0. The van der Waals surface area contributed by atoms with Crippen LogP contribution >= 0.6 is 0 Å². The first-order valence-corrected chi connectivity index (χ1v) is 6.86. The van der Waals surface area contributed by atoms with Crippen molar-refractivity contribution in [2.45, 2.75) is 17.4 Å². The highest BCUT2D eigenvalue weighted by Gasteiger charge is 2.28. The second-order valence-corrected chi connectivity index (χ2v) is 6.19. The van der Waals surface area contributed by atoms with Crippen LogP contribution in [-0.4, -0.2) is 26.8 Å². The fourth-order valence-electron chi connectivity index (χ4n) is 1.86. The molecule has 1 atom stereocenters. The average Bonchev–Trinajstić information content (AvgIpc) is 2.71. The summed E-state index contributed by atoms with van der Waals surface area (Å²) < 4.78 is 23.9. The molecular weight excluding hydrogens is 210 g/mol. The molecule has 0 radical (unpaired) electrons. The molecule has 0 saturated carbocycles. The molecule has 1 N–H and O–H groups in total. The molecule has 1 unspecified atom stereocenters. The van der Waals surface area contributed by atoms with E-state index in [2.05, 4.69) is 5.32 Å². The van der Waals surface area contributed by atoms with Gasteiger partial charge in [0.25, 0.3) is 0 Å². The first-order valence-electron chi connectivity index (χ1n) is 5.15. The van der Waals surface area contributed by atoms with Crippen LogP contribution in [0, 0.1) is 0 Å². The Bertz CT molecular complexity index is 407. The Labute approximate surface area is 90.4 Å². The zero-order valence-electron chi connectivity index (χ0n) is 8.52. The number of hydrogen-bond acceptors (Lipinski definition) is 3. The van der Waals surface area contributed by atoms with Gasteiger partial charge in [0.05, 0.1) is 11.0 Å².